The standard InChI is InChI=1S/C5H10O2.CH2O6S/c1-2-3-4-5(6)7;2-1(3)7-8(4,5)6/h2-4H2,1H3,(H,6,7);(H,2,3)(H,4,5,6). The quantitative estimate of drug-likeness (QED) is 0.615. The van der Waals surface area contributed by atoms with Crippen LogP contribution >= 0.6 is 0 Å². The summed E-state index contributed by atoms with van der Waals surface area (Å²) in [6, 6.07) is 0. The van der Waals surface area contributed by atoms with Crippen molar-refractivity contribution in [3.05, 3.63) is 0 Å². The maximum atomic E-state index is 9.76. The van der Waals surface area contributed by atoms with Gasteiger partial charge in [-0.3, -0.25) is 13.5 Å². The van der Waals surface area contributed by atoms with Crippen molar-refractivity contribution in [1.29, 1.82) is 0 Å². The Labute approximate surface area is 86.4 Å². The maximum absolute atomic E-state index is 9.76. The fourth-order valence-electron chi connectivity index (χ4n) is 0.418. The molecule has 15 heavy (non-hydrogen) atoms. The van der Waals surface area contributed by atoms with Crippen LogP contribution in [0, 0.1) is 0 Å². The molecule has 9 heteroatoms. The van der Waals surface area contributed by atoms with Crippen LogP contribution in [0.2, 0.25) is 0 Å². The van der Waals surface area contributed by atoms with Gasteiger partial charge in [0.1, 0.15) is 0 Å². The van der Waals surface area contributed by atoms with Gasteiger partial charge in [-0.1, -0.05) is 13.3 Å². The number of hydrogen-bond donors (Lipinski definition) is 3. The predicted octanol–water partition coefficient (Wildman–Crippen LogP) is 0.745. The fraction of sp³-hybridized carbons (Fsp3) is 0.667. The van der Waals surface area contributed by atoms with Crippen LogP contribution < -0.4 is 0 Å². The first-order valence-corrected chi connectivity index (χ1v) is 5.17. The maximum Gasteiger partial charge on any atom is 0.523 e. The summed E-state index contributed by atoms with van der Waals surface area (Å²) in [5.41, 5.74) is 0. The summed E-state index contributed by atoms with van der Waals surface area (Å²) in [6.07, 6.45) is 0.0190. The van der Waals surface area contributed by atoms with Crippen molar-refractivity contribution < 1.29 is 37.0 Å². The van der Waals surface area contributed by atoms with E-state index in [-0.39, 0.29) is 0 Å². The highest BCUT2D eigenvalue weighted by Crippen LogP contribution is 1.91. The van der Waals surface area contributed by atoms with Gasteiger partial charge in [0.25, 0.3) is 0 Å². The lowest BCUT2D eigenvalue weighted by Gasteiger charge is -1.88. The van der Waals surface area contributed by atoms with Crippen LogP contribution in [0.1, 0.15) is 26.2 Å². The monoisotopic (exact) mass is 244 g/mol. The minimum atomic E-state index is -4.82. The summed E-state index contributed by atoms with van der Waals surface area (Å²) in [4.78, 5) is 19.0. The van der Waals surface area contributed by atoms with E-state index in [1.165, 1.54) is 0 Å². The molecule has 0 saturated carbocycles. The Morgan fingerprint density at radius 1 is 1.27 bits per heavy atom. The second kappa shape index (κ2) is 8.00. The second-order valence-electron chi connectivity index (χ2n) is 2.27. The van der Waals surface area contributed by atoms with E-state index in [4.69, 9.17) is 14.8 Å². The third kappa shape index (κ3) is 24.5. The number of unbranched alkanes of at least 4 members (excludes halogenated alkanes) is 1. The molecule has 0 bridgehead atoms. The van der Waals surface area contributed by atoms with Crippen molar-refractivity contribution in [1.82, 2.24) is 0 Å². The summed E-state index contributed by atoms with van der Waals surface area (Å²) >= 11 is 0. The van der Waals surface area contributed by atoms with E-state index in [9.17, 15) is 18.0 Å². The van der Waals surface area contributed by atoms with Crippen LogP contribution in [0.15, 0.2) is 0 Å². The Kier molecular flexibility index (Phi) is 8.58. The van der Waals surface area contributed by atoms with Crippen molar-refractivity contribution in [3.63, 3.8) is 0 Å². The number of carbonyl (C=O) groups is 2. The number of hydrogen-bond acceptors (Lipinski definition) is 5. The number of aliphatic carboxylic acids is 1. The number of carboxylic acids is 1. The van der Waals surface area contributed by atoms with Crippen molar-refractivity contribution in [2.45, 2.75) is 26.2 Å². The SMILES string of the molecule is CCCCC(=O)O.O=C(O)OS(=O)(=O)O. The third-order valence-corrected chi connectivity index (χ3v) is 1.27. The Hall–Kier alpha value is -1.35. The normalized spacial score (nSPS) is 9.73. The van der Waals surface area contributed by atoms with E-state index < -0.39 is 22.5 Å². The van der Waals surface area contributed by atoms with Crippen LogP contribution in [0.3, 0.4) is 0 Å². The van der Waals surface area contributed by atoms with Gasteiger partial charge in [0.2, 0.25) is 0 Å². The second-order valence-corrected chi connectivity index (χ2v) is 3.30. The third-order valence-electron chi connectivity index (χ3n) is 0.921. The Morgan fingerprint density at radius 3 is 1.80 bits per heavy atom. The van der Waals surface area contributed by atoms with E-state index >= 15 is 0 Å². The number of rotatable bonds is 4. The van der Waals surface area contributed by atoms with Gasteiger partial charge in [0.05, 0.1) is 0 Å². The van der Waals surface area contributed by atoms with Gasteiger partial charge in [-0.05, 0) is 6.42 Å². The summed E-state index contributed by atoms with van der Waals surface area (Å²) in [6.45, 7) is 1.98. The zero-order chi connectivity index (χ0) is 12.5. The summed E-state index contributed by atoms with van der Waals surface area (Å²) in [7, 11) is -4.82. The van der Waals surface area contributed by atoms with E-state index in [0.717, 1.165) is 12.8 Å². The first-order chi connectivity index (χ1) is 6.69. The van der Waals surface area contributed by atoms with Crippen LogP contribution in [0.5, 0.6) is 0 Å². The largest absolute Gasteiger partial charge is 0.523 e. The van der Waals surface area contributed by atoms with E-state index in [2.05, 4.69) is 4.18 Å². The molecule has 0 aliphatic rings. The van der Waals surface area contributed by atoms with E-state index in [1.807, 2.05) is 6.92 Å². The lowest BCUT2D eigenvalue weighted by molar-refractivity contribution is -0.137. The van der Waals surface area contributed by atoms with Crippen LogP contribution in [0.4, 0.5) is 4.79 Å². The molecule has 3 N–H and O–H groups in total. The molecule has 0 spiro atoms. The van der Waals surface area contributed by atoms with Gasteiger partial charge in [0.15, 0.2) is 0 Å². The molecule has 0 unspecified atom stereocenters. The van der Waals surface area contributed by atoms with Crippen LogP contribution in [-0.4, -0.2) is 35.3 Å². The number of carboxylic acid groups (broad SMARTS) is 2. The first kappa shape index (κ1) is 16.1. The summed E-state index contributed by atoms with van der Waals surface area (Å²) < 4.78 is 29.2. The first-order valence-electron chi connectivity index (χ1n) is 3.80. The smallest absolute Gasteiger partial charge is 0.481 e. The van der Waals surface area contributed by atoms with Crippen molar-refractivity contribution in [2.24, 2.45) is 0 Å². The molecule has 0 heterocycles. The molecular formula is C6H12O8S. The highest BCUT2D eigenvalue weighted by Gasteiger charge is 2.09. The Balaban J connectivity index is 0. The molecule has 90 valence electrons. The van der Waals surface area contributed by atoms with Gasteiger partial charge in [-0.15, -0.1) is 0 Å². The van der Waals surface area contributed by atoms with E-state index in [0.29, 0.717) is 6.42 Å². The molecule has 0 aromatic carbocycles. The highest BCUT2D eigenvalue weighted by atomic mass is 32.3. The molecule has 0 aromatic rings. The van der Waals surface area contributed by atoms with Crippen LogP contribution in [0.25, 0.3) is 0 Å². The molecule has 0 atom stereocenters. The predicted molar refractivity (Wildman–Crippen MR) is 47.8 cm³/mol. The summed E-state index contributed by atoms with van der Waals surface area (Å²) in [5, 5.41) is 15.5. The van der Waals surface area contributed by atoms with E-state index in [1.54, 1.807) is 0 Å². The Morgan fingerprint density at radius 2 is 1.73 bits per heavy atom. The molecule has 0 fully saturated rings. The molecule has 0 aliphatic carbocycles. The Bertz CT molecular complexity index is 292. The minimum absolute atomic E-state index is 0.316. The molecule has 0 aromatic heterocycles. The molecule has 8 nitrogen and oxygen atoms in total. The molecule has 0 radical (unpaired) electrons. The van der Waals surface area contributed by atoms with Gasteiger partial charge in [-0.25, -0.2) is 4.79 Å². The van der Waals surface area contributed by atoms with Crippen molar-refractivity contribution >= 4 is 22.5 Å². The zero-order valence-electron chi connectivity index (χ0n) is 7.91. The fourth-order valence-corrected chi connectivity index (χ4v) is 0.598. The molecule has 0 saturated heterocycles. The molecular weight excluding hydrogens is 232 g/mol. The lowest BCUT2D eigenvalue weighted by Crippen LogP contribution is -2.08. The highest BCUT2D eigenvalue weighted by molar-refractivity contribution is 7.81. The topological polar surface area (TPSA) is 138 Å². The average Bonchev–Trinajstić information content (AvgIpc) is 1.96. The van der Waals surface area contributed by atoms with Crippen molar-refractivity contribution in [2.75, 3.05) is 0 Å². The zero-order valence-corrected chi connectivity index (χ0v) is 8.73. The molecule has 0 rings (SSSR count). The molecule has 0 amide bonds. The summed E-state index contributed by atoms with van der Waals surface area (Å²) in [5.74, 6) is -0.693. The average molecular weight is 244 g/mol. The van der Waals surface area contributed by atoms with Gasteiger partial charge < -0.3 is 10.2 Å². The van der Waals surface area contributed by atoms with Gasteiger partial charge in [0, 0.05) is 6.42 Å². The minimum Gasteiger partial charge on any atom is -0.481 e. The molecule has 0 aliphatic heterocycles. The van der Waals surface area contributed by atoms with Gasteiger partial charge in [-0.2, -0.15) is 8.42 Å². The lowest BCUT2D eigenvalue weighted by atomic mass is 10.3. The van der Waals surface area contributed by atoms with Crippen LogP contribution in [-0.2, 0) is 19.4 Å². The van der Waals surface area contributed by atoms with Crippen molar-refractivity contribution in [3.8, 4) is 0 Å². The van der Waals surface area contributed by atoms with Gasteiger partial charge >= 0.3 is 22.5 Å².